The van der Waals surface area contributed by atoms with E-state index in [1.165, 1.54) is 0 Å². The minimum Gasteiger partial charge on any atom is -0.384 e. The maximum Gasteiger partial charge on any atom is 0.228 e. The van der Waals surface area contributed by atoms with Crippen LogP contribution in [0.5, 0.6) is 0 Å². The van der Waals surface area contributed by atoms with Gasteiger partial charge in [-0.1, -0.05) is 11.3 Å². The number of nitrogens with zero attached hydrogens (tertiary/aromatic N) is 5. The zero-order valence-electron chi connectivity index (χ0n) is 13.5. The molecule has 3 heterocycles. The molecule has 0 N–H and O–H groups in total. The van der Waals surface area contributed by atoms with E-state index in [9.17, 15) is 4.79 Å². The molecule has 1 aliphatic rings. The van der Waals surface area contributed by atoms with Gasteiger partial charge < -0.3 is 9.64 Å². The van der Waals surface area contributed by atoms with Gasteiger partial charge in [-0.2, -0.15) is 0 Å². The molecule has 1 aliphatic heterocycles. The zero-order chi connectivity index (χ0) is 16.2. The molecule has 122 valence electrons. The van der Waals surface area contributed by atoms with Gasteiger partial charge in [-0.3, -0.25) is 9.78 Å². The van der Waals surface area contributed by atoms with E-state index in [-0.39, 0.29) is 11.8 Å². The van der Waals surface area contributed by atoms with E-state index in [4.69, 9.17) is 4.74 Å². The Morgan fingerprint density at radius 2 is 2.30 bits per heavy atom. The fourth-order valence-electron chi connectivity index (χ4n) is 3.04. The highest BCUT2D eigenvalue weighted by atomic mass is 16.5. The monoisotopic (exact) mass is 315 g/mol. The first-order valence-electron chi connectivity index (χ1n) is 7.81. The van der Waals surface area contributed by atoms with Crippen LogP contribution < -0.4 is 0 Å². The molecule has 7 nitrogen and oxygen atoms in total. The molecule has 0 radical (unpaired) electrons. The second-order valence-electron chi connectivity index (χ2n) is 5.66. The van der Waals surface area contributed by atoms with Gasteiger partial charge in [0.25, 0.3) is 0 Å². The first-order chi connectivity index (χ1) is 11.2. The third-order valence-electron chi connectivity index (χ3n) is 4.09. The van der Waals surface area contributed by atoms with Crippen molar-refractivity contribution in [2.24, 2.45) is 0 Å². The summed E-state index contributed by atoms with van der Waals surface area (Å²) in [7, 11) is 1.68. The average molecular weight is 315 g/mol. The third kappa shape index (κ3) is 3.24. The molecular formula is C16H21N5O2. The van der Waals surface area contributed by atoms with Crippen LogP contribution in [0.2, 0.25) is 0 Å². The van der Waals surface area contributed by atoms with E-state index in [0.717, 1.165) is 23.6 Å². The third-order valence-corrected chi connectivity index (χ3v) is 4.09. The summed E-state index contributed by atoms with van der Waals surface area (Å²) in [6.45, 7) is 4.48. The molecule has 0 saturated carbocycles. The molecule has 1 atom stereocenters. The summed E-state index contributed by atoms with van der Waals surface area (Å²) in [6, 6.07) is 5.61. The van der Waals surface area contributed by atoms with E-state index in [1.807, 2.05) is 34.7 Å². The highest BCUT2D eigenvalue weighted by molar-refractivity contribution is 5.78. The summed E-state index contributed by atoms with van der Waals surface area (Å²) >= 11 is 0. The highest BCUT2D eigenvalue weighted by Crippen LogP contribution is 2.27. The topological polar surface area (TPSA) is 73.1 Å². The fraction of sp³-hybridized carbons (Fsp3) is 0.500. The number of aryl methyl sites for hydroxylation is 1. The molecular weight excluding hydrogens is 294 g/mol. The number of aromatic nitrogens is 4. The van der Waals surface area contributed by atoms with Crippen molar-refractivity contribution in [2.45, 2.75) is 32.4 Å². The maximum atomic E-state index is 12.6. The van der Waals surface area contributed by atoms with E-state index in [0.29, 0.717) is 26.1 Å². The molecule has 0 aromatic carbocycles. The Labute approximate surface area is 135 Å². The van der Waals surface area contributed by atoms with E-state index < -0.39 is 0 Å². The molecule has 2 aromatic heterocycles. The second kappa shape index (κ2) is 6.87. The number of rotatable bonds is 5. The summed E-state index contributed by atoms with van der Waals surface area (Å²) < 4.78 is 7.24. The standard InChI is InChI=1S/C16H21N5O2/c1-3-21-16-12(11-23-2)9-20(10-14(16)18-19-21)15(22)8-13-6-4-5-7-17-13/h4-7,12H,3,8-11H2,1-2H3. The summed E-state index contributed by atoms with van der Waals surface area (Å²) in [6.07, 6.45) is 2.01. The van der Waals surface area contributed by atoms with Crippen LogP contribution >= 0.6 is 0 Å². The molecule has 1 amide bonds. The summed E-state index contributed by atoms with van der Waals surface area (Å²) in [5, 5.41) is 8.43. The quantitative estimate of drug-likeness (QED) is 0.823. The lowest BCUT2D eigenvalue weighted by atomic mass is 9.98. The van der Waals surface area contributed by atoms with Crippen LogP contribution in [-0.4, -0.2) is 51.0 Å². The van der Waals surface area contributed by atoms with Crippen molar-refractivity contribution in [3.63, 3.8) is 0 Å². The lowest BCUT2D eigenvalue weighted by Crippen LogP contribution is -2.41. The van der Waals surface area contributed by atoms with E-state index in [2.05, 4.69) is 15.3 Å². The van der Waals surface area contributed by atoms with Gasteiger partial charge in [-0.05, 0) is 19.1 Å². The highest BCUT2D eigenvalue weighted by Gasteiger charge is 2.32. The number of hydrogen-bond acceptors (Lipinski definition) is 5. The molecule has 0 aliphatic carbocycles. The van der Waals surface area contributed by atoms with Gasteiger partial charge in [0.2, 0.25) is 5.91 Å². The summed E-state index contributed by atoms with van der Waals surface area (Å²) in [5.74, 6) is 0.160. The number of methoxy groups -OCH3 is 1. The Kier molecular flexibility index (Phi) is 4.66. The molecule has 0 spiro atoms. The molecule has 0 fully saturated rings. The second-order valence-corrected chi connectivity index (χ2v) is 5.66. The van der Waals surface area contributed by atoms with Crippen molar-refractivity contribution in [3.8, 4) is 0 Å². The number of amides is 1. The lowest BCUT2D eigenvalue weighted by molar-refractivity contribution is -0.132. The molecule has 23 heavy (non-hydrogen) atoms. The van der Waals surface area contributed by atoms with Crippen LogP contribution in [-0.2, 0) is 29.0 Å². The van der Waals surface area contributed by atoms with Crippen molar-refractivity contribution < 1.29 is 9.53 Å². The fourth-order valence-corrected chi connectivity index (χ4v) is 3.04. The molecule has 2 aromatic rings. The lowest BCUT2D eigenvalue weighted by Gasteiger charge is -2.32. The van der Waals surface area contributed by atoms with E-state index >= 15 is 0 Å². The number of carbonyl (C=O) groups is 1. The Balaban J connectivity index is 1.78. The van der Waals surface area contributed by atoms with Crippen LogP contribution in [0.15, 0.2) is 24.4 Å². The number of carbonyl (C=O) groups excluding carboxylic acids is 1. The summed E-state index contributed by atoms with van der Waals surface area (Å²) in [5.41, 5.74) is 2.74. The molecule has 0 bridgehead atoms. The SMILES string of the molecule is CCn1nnc2c1C(COC)CN(C(=O)Cc1ccccn1)C2. The number of pyridine rings is 1. The van der Waals surface area contributed by atoms with Crippen molar-refractivity contribution in [2.75, 3.05) is 20.3 Å². The van der Waals surface area contributed by atoms with Crippen LogP contribution in [0, 0.1) is 0 Å². The number of fused-ring (bicyclic) bond motifs is 1. The number of ether oxygens (including phenoxy) is 1. The first-order valence-corrected chi connectivity index (χ1v) is 7.81. The molecule has 7 heteroatoms. The van der Waals surface area contributed by atoms with Crippen molar-refractivity contribution in [1.82, 2.24) is 24.9 Å². The van der Waals surface area contributed by atoms with Gasteiger partial charge in [0.1, 0.15) is 5.69 Å². The average Bonchev–Trinajstić information content (AvgIpc) is 2.99. The van der Waals surface area contributed by atoms with Gasteiger partial charge >= 0.3 is 0 Å². The Hall–Kier alpha value is -2.28. The van der Waals surface area contributed by atoms with Crippen molar-refractivity contribution in [1.29, 1.82) is 0 Å². The first kappa shape index (κ1) is 15.6. The Morgan fingerprint density at radius 3 is 3.00 bits per heavy atom. The molecule has 1 unspecified atom stereocenters. The maximum absolute atomic E-state index is 12.6. The predicted molar refractivity (Wildman–Crippen MR) is 83.7 cm³/mol. The Morgan fingerprint density at radius 1 is 1.43 bits per heavy atom. The van der Waals surface area contributed by atoms with Gasteiger partial charge in [-0.15, -0.1) is 5.10 Å². The predicted octanol–water partition coefficient (Wildman–Crippen LogP) is 1.01. The van der Waals surface area contributed by atoms with Crippen molar-refractivity contribution in [3.05, 3.63) is 41.5 Å². The molecule has 3 rings (SSSR count). The minimum absolute atomic E-state index is 0.0569. The summed E-state index contributed by atoms with van der Waals surface area (Å²) in [4.78, 5) is 18.6. The van der Waals surface area contributed by atoms with Crippen molar-refractivity contribution >= 4 is 5.91 Å². The Bertz CT molecular complexity index is 670. The van der Waals surface area contributed by atoms with Crippen LogP contribution in [0.4, 0.5) is 0 Å². The van der Waals surface area contributed by atoms with Crippen LogP contribution in [0.3, 0.4) is 0 Å². The number of hydrogen-bond donors (Lipinski definition) is 0. The molecule has 0 saturated heterocycles. The van der Waals surface area contributed by atoms with Gasteiger partial charge in [0.15, 0.2) is 0 Å². The largest absolute Gasteiger partial charge is 0.384 e. The zero-order valence-corrected chi connectivity index (χ0v) is 13.5. The van der Waals surface area contributed by atoms with Gasteiger partial charge in [-0.25, -0.2) is 4.68 Å². The van der Waals surface area contributed by atoms with E-state index in [1.54, 1.807) is 13.3 Å². The van der Waals surface area contributed by atoms with Gasteiger partial charge in [0, 0.05) is 38.0 Å². The van der Waals surface area contributed by atoms with Gasteiger partial charge in [0.05, 0.1) is 25.3 Å². The smallest absolute Gasteiger partial charge is 0.228 e. The minimum atomic E-state index is 0.0569. The normalized spacial score (nSPS) is 17.1. The van der Waals surface area contributed by atoms with Crippen LogP contribution in [0.1, 0.15) is 29.9 Å². The van der Waals surface area contributed by atoms with Crippen LogP contribution in [0.25, 0.3) is 0 Å².